The van der Waals surface area contributed by atoms with E-state index < -0.39 is 0 Å². The van der Waals surface area contributed by atoms with Crippen LogP contribution >= 0.6 is 0 Å². The van der Waals surface area contributed by atoms with Gasteiger partial charge >= 0.3 is 0 Å². The van der Waals surface area contributed by atoms with Gasteiger partial charge in [0.25, 0.3) is 0 Å². The highest BCUT2D eigenvalue weighted by Gasteiger charge is 2.42. The lowest BCUT2D eigenvalue weighted by molar-refractivity contribution is -0.136. The minimum atomic E-state index is 0.286. The van der Waals surface area contributed by atoms with Crippen molar-refractivity contribution in [2.45, 2.75) is 37.9 Å². The third-order valence-corrected chi connectivity index (χ3v) is 4.47. The molecule has 5 heteroatoms. The van der Waals surface area contributed by atoms with E-state index in [1.165, 1.54) is 5.56 Å². The zero-order chi connectivity index (χ0) is 14.1. The summed E-state index contributed by atoms with van der Waals surface area (Å²) in [6.45, 7) is 6.45. The third-order valence-electron chi connectivity index (χ3n) is 4.47. The zero-order valence-electron chi connectivity index (χ0n) is 12.0. The molecule has 5 nitrogen and oxygen atoms in total. The Morgan fingerprint density at radius 3 is 3.00 bits per heavy atom. The average Bonchev–Trinajstić information content (AvgIpc) is 3.01. The molecule has 0 aromatic carbocycles. The molecule has 20 heavy (non-hydrogen) atoms. The predicted molar refractivity (Wildman–Crippen MR) is 77.0 cm³/mol. The van der Waals surface area contributed by atoms with Gasteiger partial charge in [-0.25, -0.2) is 0 Å². The van der Waals surface area contributed by atoms with Crippen LogP contribution in [-0.4, -0.2) is 50.7 Å². The maximum atomic E-state index is 12.0. The van der Waals surface area contributed by atoms with E-state index in [9.17, 15) is 4.79 Å². The van der Waals surface area contributed by atoms with Crippen LogP contribution in [0.1, 0.15) is 24.8 Å². The van der Waals surface area contributed by atoms with Gasteiger partial charge in [0.2, 0.25) is 5.91 Å². The van der Waals surface area contributed by atoms with E-state index in [1.807, 2.05) is 28.9 Å². The molecule has 0 radical (unpaired) electrons. The van der Waals surface area contributed by atoms with Gasteiger partial charge in [-0.3, -0.25) is 14.4 Å². The number of piperidine rings is 1. The maximum absolute atomic E-state index is 12.0. The highest BCUT2D eigenvalue weighted by atomic mass is 16.2. The van der Waals surface area contributed by atoms with E-state index in [2.05, 4.69) is 22.8 Å². The monoisotopic (exact) mass is 274 g/mol. The summed E-state index contributed by atoms with van der Waals surface area (Å²) in [5.41, 5.74) is 1.25. The molecule has 2 saturated heterocycles. The second kappa shape index (κ2) is 5.40. The van der Waals surface area contributed by atoms with Crippen LogP contribution in [0.15, 0.2) is 25.0 Å². The molecule has 3 heterocycles. The number of carbonyl (C=O) groups excluding carboxylic acids is 1. The summed E-state index contributed by atoms with van der Waals surface area (Å²) in [7, 11) is 1.95. The number of hydrogen-bond donors (Lipinski definition) is 0. The van der Waals surface area contributed by atoms with Crippen molar-refractivity contribution in [1.29, 1.82) is 0 Å². The van der Waals surface area contributed by atoms with E-state index in [0.717, 1.165) is 25.9 Å². The van der Waals surface area contributed by atoms with Gasteiger partial charge in [0.05, 0.1) is 6.20 Å². The average molecular weight is 274 g/mol. The second-order valence-corrected chi connectivity index (χ2v) is 5.79. The number of carbonyl (C=O) groups is 1. The fourth-order valence-electron chi connectivity index (χ4n) is 3.60. The topological polar surface area (TPSA) is 41.4 Å². The van der Waals surface area contributed by atoms with Crippen molar-refractivity contribution in [3.8, 4) is 0 Å². The lowest BCUT2D eigenvalue weighted by Crippen LogP contribution is -2.52. The van der Waals surface area contributed by atoms with Gasteiger partial charge < -0.3 is 4.90 Å². The predicted octanol–water partition coefficient (Wildman–Crippen LogP) is 1.17. The SMILES string of the molecule is C=CCN1C(=O)CC[C@@H]2[C@H]1CCN2Cc1cnn(C)c1. The molecule has 2 atom stereocenters. The molecule has 0 saturated carbocycles. The number of aromatic nitrogens is 2. The molecule has 0 aliphatic carbocycles. The molecule has 0 spiro atoms. The first kappa shape index (κ1) is 13.4. The molecule has 0 bridgehead atoms. The smallest absolute Gasteiger partial charge is 0.223 e. The lowest BCUT2D eigenvalue weighted by Gasteiger charge is -2.39. The number of likely N-dealkylation sites (tertiary alicyclic amines) is 2. The fourth-order valence-corrected chi connectivity index (χ4v) is 3.60. The van der Waals surface area contributed by atoms with Crippen molar-refractivity contribution < 1.29 is 4.79 Å². The molecule has 1 amide bonds. The number of fused-ring (bicyclic) bond motifs is 1. The maximum Gasteiger partial charge on any atom is 0.223 e. The van der Waals surface area contributed by atoms with Crippen molar-refractivity contribution in [2.75, 3.05) is 13.1 Å². The summed E-state index contributed by atoms with van der Waals surface area (Å²) in [6, 6.07) is 0.860. The van der Waals surface area contributed by atoms with Crippen molar-refractivity contribution in [3.05, 3.63) is 30.6 Å². The molecule has 1 aromatic rings. The summed E-state index contributed by atoms with van der Waals surface area (Å²) in [5.74, 6) is 0.286. The zero-order valence-corrected chi connectivity index (χ0v) is 12.0. The highest BCUT2D eigenvalue weighted by Crippen LogP contribution is 2.32. The fraction of sp³-hybridized carbons (Fsp3) is 0.600. The Hall–Kier alpha value is -1.62. The number of nitrogens with zero attached hydrogens (tertiary/aromatic N) is 4. The van der Waals surface area contributed by atoms with Crippen LogP contribution in [0.5, 0.6) is 0 Å². The van der Waals surface area contributed by atoms with Crippen molar-refractivity contribution in [2.24, 2.45) is 7.05 Å². The first-order valence-electron chi connectivity index (χ1n) is 7.31. The summed E-state index contributed by atoms with van der Waals surface area (Å²) >= 11 is 0. The largest absolute Gasteiger partial charge is 0.334 e. The Bertz CT molecular complexity index is 510. The first-order valence-corrected chi connectivity index (χ1v) is 7.31. The molecule has 2 aliphatic rings. The third kappa shape index (κ3) is 2.38. The summed E-state index contributed by atoms with van der Waals surface area (Å²) < 4.78 is 1.84. The van der Waals surface area contributed by atoms with Crippen molar-refractivity contribution in [1.82, 2.24) is 19.6 Å². The molecule has 0 N–H and O–H groups in total. The van der Waals surface area contributed by atoms with Crippen LogP contribution in [0.3, 0.4) is 0 Å². The molecule has 2 aliphatic heterocycles. The summed E-state index contributed by atoms with van der Waals surface area (Å²) in [4.78, 5) is 16.6. The Morgan fingerprint density at radius 1 is 1.45 bits per heavy atom. The lowest BCUT2D eigenvalue weighted by atomic mass is 9.96. The normalized spacial score (nSPS) is 26.9. The standard InChI is InChI=1S/C15H22N4O/c1-3-7-19-14-6-8-18(13(14)4-5-15(19)20)11-12-9-16-17(2)10-12/h3,9-10,13-14H,1,4-8,11H2,2H3/t13-,14-/m1/s1. The number of aryl methyl sites for hydroxylation is 1. The van der Waals surface area contributed by atoms with Gasteiger partial charge in [0.1, 0.15) is 0 Å². The van der Waals surface area contributed by atoms with Gasteiger partial charge in [-0.15, -0.1) is 6.58 Å². The molecule has 108 valence electrons. The molecule has 0 unspecified atom stereocenters. The highest BCUT2D eigenvalue weighted by molar-refractivity contribution is 5.78. The van der Waals surface area contributed by atoms with Crippen molar-refractivity contribution >= 4 is 5.91 Å². The number of hydrogen-bond acceptors (Lipinski definition) is 3. The Balaban J connectivity index is 1.71. The number of rotatable bonds is 4. The van der Waals surface area contributed by atoms with Crippen molar-refractivity contribution in [3.63, 3.8) is 0 Å². The molecular formula is C15H22N4O. The second-order valence-electron chi connectivity index (χ2n) is 5.79. The minimum absolute atomic E-state index is 0.286. The molecular weight excluding hydrogens is 252 g/mol. The quantitative estimate of drug-likeness (QED) is 0.774. The first-order chi connectivity index (χ1) is 9.69. The Labute approximate surface area is 119 Å². The van der Waals surface area contributed by atoms with Gasteiger partial charge in [0.15, 0.2) is 0 Å². The van der Waals surface area contributed by atoms with Gasteiger partial charge in [0, 0.05) is 56.9 Å². The van der Waals surface area contributed by atoms with E-state index in [4.69, 9.17) is 0 Å². The van der Waals surface area contributed by atoms with Crippen LogP contribution in [-0.2, 0) is 18.4 Å². The molecule has 1 aromatic heterocycles. The van der Waals surface area contributed by atoms with Gasteiger partial charge in [-0.1, -0.05) is 6.08 Å². The van der Waals surface area contributed by atoms with Gasteiger partial charge in [-0.05, 0) is 12.8 Å². The summed E-state index contributed by atoms with van der Waals surface area (Å²) in [6.07, 6.45) is 8.57. The van der Waals surface area contributed by atoms with E-state index in [1.54, 1.807) is 0 Å². The summed E-state index contributed by atoms with van der Waals surface area (Å²) in [5, 5.41) is 4.23. The van der Waals surface area contributed by atoms with Crippen LogP contribution in [0.2, 0.25) is 0 Å². The van der Waals surface area contributed by atoms with Crippen LogP contribution in [0.4, 0.5) is 0 Å². The minimum Gasteiger partial charge on any atom is -0.334 e. The number of amides is 1. The molecule has 3 rings (SSSR count). The van der Waals surface area contributed by atoms with Crippen LogP contribution < -0.4 is 0 Å². The van der Waals surface area contributed by atoms with E-state index in [0.29, 0.717) is 25.0 Å². The van der Waals surface area contributed by atoms with E-state index in [-0.39, 0.29) is 5.91 Å². The molecule has 2 fully saturated rings. The van der Waals surface area contributed by atoms with Crippen LogP contribution in [0.25, 0.3) is 0 Å². The van der Waals surface area contributed by atoms with E-state index >= 15 is 0 Å². The Kier molecular flexibility index (Phi) is 3.61. The Morgan fingerprint density at radius 2 is 2.30 bits per heavy atom. The van der Waals surface area contributed by atoms with Crippen LogP contribution in [0, 0.1) is 0 Å². The van der Waals surface area contributed by atoms with Gasteiger partial charge in [-0.2, -0.15) is 5.10 Å².